The molecule has 0 radical (unpaired) electrons. The standard InChI is InChI=1S/C18H30F3N5O2S.HI/c1-7-22-14(23-9-8-13-25-12(10-29-13)18(19,20)21)24-11-17(5,6)26-15(27)28-16(2,3)4;/h10H,7-9,11H2,1-6H3,(H,26,27)(H2,22,23,24);1H. The Hall–Kier alpha value is -1.31. The number of rotatable bonds is 7. The molecule has 1 rings (SSSR count). The lowest BCUT2D eigenvalue weighted by atomic mass is 10.1. The molecule has 0 bridgehead atoms. The number of carbonyl (C=O) groups is 1. The lowest BCUT2D eigenvalue weighted by Crippen LogP contribution is -2.49. The van der Waals surface area contributed by atoms with Crippen LogP contribution in [-0.2, 0) is 17.3 Å². The molecule has 0 aliphatic carbocycles. The molecular weight excluding hydrogens is 534 g/mol. The topological polar surface area (TPSA) is 87.6 Å². The van der Waals surface area contributed by atoms with E-state index in [1.165, 1.54) is 0 Å². The molecule has 0 aliphatic rings. The Morgan fingerprint density at radius 2 is 1.83 bits per heavy atom. The van der Waals surface area contributed by atoms with Gasteiger partial charge in [0.05, 0.1) is 17.1 Å². The number of thiazole rings is 1. The quantitative estimate of drug-likeness (QED) is 0.263. The summed E-state index contributed by atoms with van der Waals surface area (Å²) in [4.78, 5) is 20.0. The van der Waals surface area contributed by atoms with Crippen LogP contribution in [0.3, 0.4) is 0 Å². The van der Waals surface area contributed by atoms with E-state index < -0.39 is 29.1 Å². The van der Waals surface area contributed by atoms with Crippen molar-refractivity contribution in [1.29, 1.82) is 0 Å². The van der Waals surface area contributed by atoms with Gasteiger partial charge in [-0.15, -0.1) is 35.3 Å². The van der Waals surface area contributed by atoms with E-state index in [2.05, 4.69) is 25.9 Å². The Labute approximate surface area is 196 Å². The largest absolute Gasteiger partial charge is 0.444 e. The number of aromatic nitrogens is 1. The molecule has 1 aromatic heterocycles. The van der Waals surface area contributed by atoms with E-state index in [0.29, 0.717) is 30.5 Å². The van der Waals surface area contributed by atoms with Crippen LogP contribution in [0.2, 0.25) is 0 Å². The van der Waals surface area contributed by atoms with E-state index in [4.69, 9.17) is 4.74 Å². The number of carbonyl (C=O) groups excluding carboxylic acids is 1. The molecular formula is C18H31F3IN5O2S. The van der Waals surface area contributed by atoms with Gasteiger partial charge in [-0.3, -0.25) is 4.99 Å². The second kappa shape index (κ2) is 11.9. The first-order valence-electron chi connectivity index (χ1n) is 9.27. The number of amides is 1. The Morgan fingerprint density at radius 1 is 1.20 bits per heavy atom. The van der Waals surface area contributed by atoms with E-state index in [9.17, 15) is 18.0 Å². The van der Waals surface area contributed by atoms with Crippen molar-refractivity contribution in [3.8, 4) is 0 Å². The Balaban J connectivity index is 0.00000841. The van der Waals surface area contributed by atoms with Crippen molar-refractivity contribution in [3.05, 3.63) is 16.1 Å². The third-order valence-corrected chi connectivity index (χ3v) is 4.20. The normalized spacial score (nSPS) is 12.8. The van der Waals surface area contributed by atoms with Crippen molar-refractivity contribution in [1.82, 2.24) is 20.9 Å². The number of halogens is 4. The summed E-state index contributed by atoms with van der Waals surface area (Å²) < 4.78 is 43.1. The van der Waals surface area contributed by atoms with Gasteiger partial charge in [0, 0.05) is 24.9 Å². The highest BCUT2D eigenvalue weighted by Gasteiger charge is 2.33. The summed E-state index contributed by atoms with van der Waals surface area (Å²) in [6.07, 6.45) is -4.62. The van der Waals surface area contributed by atoms with Crippen LogP contribution in [0, 0.1) is 0 Å². The fraction of sp³-hybridized carbons (Fsp3) is 0.722. The summed E-state index contributed by atoms with van der Waals surface area (Å²) in [5, 5.41) is 10.3. The fourth-order valence-electron chi connectivity index (χ4n) is 2.08. The molecule has 0 spiro atoms. The molecule has 3 N–H and O–H groups in total. The van der Waals surface area contributed by atoms with Crippen molar-refractivity contribution in [2.24, 2.45) is 4.99 Å². The third kappa shape index (κ3) is 11.8. The number of hydrogen-bond acceptors (Lipinski definition) is 5. The van der Waals surface area contributed by atoms with E-state index in [1.807, 2.05) is 20.8 Å². The molecule has 0 saturated heterocycles. The van der Waals surface area contributed by atoms with Crippen molar-refractivity contribution >= 4 is 47.4 Å². The molecule has 7 nitrogen and oxygen atoms in total. The zero-order valence-corrected chi connectivity index (χ0v) is 21.2. The highest BCUT2D eigenvalue weighted by molar-refractivity contribution is 14.0. The zero-order chi connectivity index (χ0) is 22.3. The minimum Gasteiger partial charge on any atom is -0.444 e. The number of alkyl carbamates (subject to hydrolysis) is 1. The SMILES string of the molecule is CCNC(=NCC(C)(C)NC(=O)OC(C)(C)C)NCCc1nc(C(F)(F)F)cs1.I. The molecule has 0 atom stereocenters. The average molecular weight is 565 g/mol. The Bertz CT molecular complexity index is 703. The number of nitrogens with zero attached hydrogens (tertiary/aromatic N) is 2. The number of nitrogens with one attached hydrogen (secondary N) is 3. The van der Waals surface area contributed by atoms with E-state index in [-0.39, 0.29) is 30.5 Å². The van der Waals surface area contributed by atoms with Gasteiger partial charge >= 0.3 is 12.3 Å². The first-order chi connectivity index (χ1) is 13.2. The molecule has 1 aromatic rings. The molecule has 1 heterocycles. The van der Waals surface area contributed by atoms with Crippen LogP contribution in [0.15, 0.2) is 10.4 Å². The molecule has 174 valence electrons. The van der Waals surface area contributed by atoms with Gasteiger partial charge in [0.2, 0.25) is 0 Å². The van der Waals surface area contributed by atoms with Gasteiger partial charge in [-0.2, -0.15) is 13.2 Å². The Kier molecular flexibility index (Phi) is 11.4. The lowest BCUT2D eigenvalue weighted by molar-refractivity contribution is -0.140. The maximum atomic E-state index is 12.6. The van der Waals surface area contributed by atoms with Crippen LogP contribution in [0.4, 0.5) is 18.0 Å². The summed E-state index contributed by atoms with van der Waals surface area (Å²) in [5.74, 6) is 0.499. The highest BCUT2D eigenvalue weighted by atomic mass is 127. The van der Waals surface area contributed by atoms with Gasteiger partial charge in [-0.25, -0.2) is 9.78 Å². The van der Waals surface area contributed by atoms with E-state index in [1.54, 1.807) is 20.8 Å². The molecule has 0 saturated carbocycles. The predicted octanol–water partition coefficient (Wildman–Crippen LogP) is 4.18. The van der Waals surface area contributed by atoms with Gasteiger partial charge in [0.15, 0.2) is 11.7 Å². The van der Waals surface area contributed by atoms with Gasteiger partial charge in [0.1, 0.15) is 5.60 Å². The first kappa shape index (κ1) is 28.7. The number of guanidine groups is 1. The maximum Gasteiger partial charge on any atom is 0.434 e. The predicted molar refractivity (Wildman–Crippen MR) is 124 cm³/mol. The molecule has 0 aromatic carbocycles. The number of hydrogen-bond donors (Lipinski definition) is 3. The highest BCUT2D eigenvalue weighted by Crippen LogP contribution is 2.29. The fourth-order valence-corrected chi connectivity index (χ4v) is 2.89. The van der Waals surface area contributed by atoms with E-state index in [0.717, 1.165) is 16.7 Å². The van der Waals surface area contributed by atoms with Gasteiger partial charge in [-0.1, -0.05) is 0 Å². The van der Waals surface area contributed by atoms with Crippen molar-refractivity contribution in [3.63, 3.8) is 0 Å². The summed E-state index contributed by atoms with van der Waals surface area (Å²) in [5.41, 5.74) is -2.11. The second-order valence-electron chi connectivity index (χ2n) is 8.01. The van der Waals surface area contributed by atoms with Crippen molar-refractivity contribution < 1.29 is 22.7 Å². The van der Waals surface area contributed by atoms with Gasteiger partial charge in [0.25, 0.3) is 0 Å². The summed E-state index contributed by atoms with van der Waals surface area (Å²) >= 11 is 0.977. The van der Waals surface area contributed by atoms with Crippen molar-refractivity contribution in [2.75, 3.05) is 19.6 Å². The average Bonchev–Trinajstić information content (AvgIpc) is 2.99. The molecule has 12 heteroatoms. The maximum absolute atomic E-state index is 12.6. The van der Waals surface area contributed by atoms with Crippen LogP contribution >= 0.6 is 35.3 Å². The minimum absolute atomic E-state index is 0. The van der Waals surface area contributed by atoms with Crippen LogP contribution in [0.1, 0.15) is 52.2 Å². The van der Waals surface area contributed by atoms with Crippen LogP contribution < -0.4 is 16.0 Å². The third-order valence-electron chi connectivity index (χ3n) is 3.29. The van der Waals surface area contributed by atoms with Crippen LogP contribution in [0.5, 0.6) is 0 Å². The van der Waals surface area contributed by atoms with Gasteiger partial charge in [-0.05, 0) is 41.5 Å². The van der Waals surface area contributed by atoms with Gasteiger partial charge < -0.3 is 20.7 Å². The van der Waals surface area contributed by atoms with Crippen molar-refractivity contribution in [2.45, 2.75) is 65.3 Å². The molecule has 1 amide bonds. The minimum atomic E-state index is -4.43. The smallest absolute Gasteiger partial charge is 0.434 e. The monoisotopic (exact) mass is 565 g/mol. The second-order valence-corrected chi connectivity index (χ2v) is 8.95. The summed E-state index contributed by atoms with van der Waals surface area (Å²) in [6.45, 7) is 12.1. The lowest BCUT2D eigenvalue weighted by Gasteiger charge is -2.27. The zero-order valence-electron chi connectivity index (χ0n) is 18.1. The van der Waals surface area contributed by atoms with Crippen LogP contribution in [0.25, 0.3) is 0 Å². The number of aliphatic imine (C=N–C) groups is 1. The first-order valence-corrected chi connectivity index (χ1v) is 10.1. The molecule has 0 aliphatic heterocycles. The molecule has 30 heavy (non-hydrogen) atoms. The van der Waals surface area contributed by atoms with E-state index >= 15 is 0 Å². The Morgan fingerprint density at radius 3 is 2.33 bits per heavy atom. The van der Waals surface area contributed by atoms with Crippen LogP contribution in [-0.4, -0.2) is 47.8 Å². The number of ether oxygens (including phenoxy) is 1. The summed E-state index contributed by atoms with van der Waals surface area (Å²) in [7, 11) is 0. The number of alkyl halides is 3. The molecule has 0 unspecified atom stereocenters. The molecule has 0 fully saturated rings. The summed E-state index contributed by atoms with van der Waals surface area (Å²) in [6, 6.07) is 0.